The molecular weight excluding hydrogens is 650 g/mol. The zero-order chi connectivity index (χ0) is 31.8. The number of phenols is 2. The summed E-state index contributed by atoms with van der Waals surface area (Å²) in [5.74, 6) is -3.53. The van der Waals surface area contributed by atoms with Crippen molar-refractivity contribution in [1.29, 1.82) is 0 Å². The van der Waals surface area contributed by atoms with Crippen molar-refractivity contribution in [3.63, 3.8) is 0 Å². The number of carbonyl (C=O) groups excluding carboxylic acids is 1. The summed E-state index contributed by atoms with van der Waals surface area (Å²) < 4.78 is 126. The molecule has 0 unspecified atom stereocenters. The van der Waals surface area contributed by atoms with Gasteiger partial charge in [-0.2, -0.15) is 25.3 Å². The largest absolute Gasteiger partial charge is 0.506 e. The second-order valence-corrected chi connectivity index (χ2v) is 14.2. The number of sulfone groups is 1. The molecule has 0 heterocycles. The Morgan fingerprint density at radius 1 is 0.857 bits per heavy atom. The molecule has 0 fully saturated rings. The number of carbonyl (C=O) groups is 1. The SMILES string of the molecule is CC(=O)Nc1cc(S(=O)(=O)O)cc2cc(S(=O)(=O)O)c(N=Nc3cc(S(=O)(=O)CCOS(=O)(=O)O)ccc3O)c(O)c12. The van der Waals surface area contributed by atoms with Gasteiger partial charge in [0.2, 0.25) is 5.91 Å². The molecule has 22 heteroatoms. The third-order valence-electron chi connectivity index (χ3n) is 5.16. The molecule has 0 bridgehead atoms. The molecule has 0 aliphatic rings. The molecule has 0 radical (unpaired) electrons. The van der Waals surface area contributed by atoms with Crippen molar-refractivity contribution in [3.8, 4) is 11.5 Å². The third-order valence-corrected chi connectivity index (χ3v) is 9.00. The summed E-state index contributed by atoms with van der Waals surface area (Å²) >= 11 is 0. The van der Waals surface area contributed by atoms with Crippen LogP contribution in [0, 0.1) is 0 Å². The number of phenolic OH excluding ortho intramolecular Hbond substituents is 2. The lowest BCUT2D eigenvalue weighted by Crippen LogP contribution is -2.15. The van der Waals surface area contributed by atoms with Gasteiger partial charge in [0.15, 0.2) is 15.6 Å². The van der Waals surface area contributed by atoms with Gasteiger partial charge in [0.05, 0.1) is 27.8 Å². The van der Waals surface area contributed by atoms with E-state index in [0.717, 1.165) is 37.3 Å². The van der Waals surface area contributed by atoms with Crippen LogP contribution in [-0.2, 0) is 49.5 Å². The number of nitrogens with one attached hydrogen (secondary N) is 1. The summed E-state index contributed by atoms with van der Waals surface area (Å²) in [5, 5.41) is 29.5. The number of hydrogen-bond acceptors (Lipinski definition) is 14. The van der Waals surface area contributed by atoms with E-state index in [-0.39, 0.29) is 0 Å². The molecule has 6 N–H and O–H groups in total. The molecule has 0 atom stereocenters. The molecule has 0 aliphatic carbocycles. The smallest absolute Gasteiger partial charge is 0.397 e. The topological polar surface area (TPSA) is 301 Å². The van der Waals surface area contributed by atoms with Crippen molar-refractivity contribution in [3.05, 3.63) is 36.4 Å². The molecule has 0 aliphatic heterocycles. The summed E-state index contributed by atoms with van der Waals surface area (Å²) in [6, 6.07) is 4.54. The van der Waals surface area contributed by atoms with Crippen molar-refractivity contribution in [1.82, 2.24) is 0 Å². The number of azo groups is 1. The van der Waals surface area contributed by atoms with Gasteiger partial charge in [0, 0.05) is 12.3 Å². The van der Waals surface area contributed by atoms with Crippen LogP contribution in [0.4, 0.5) is 17.1 Å². The minimum absolute atomic E-state index is 0.416. The number of fused-ring (bicyclic) bond motifs is 1. The third kappa shape index (κ3) is 7.74. The van der Waals surface area contributed by atoms with Crippen LogP contribution >= 0.6 is 0 Å². The van der Waals surface area contributed by atoms with Crippen molar-refractivity contribution in [2.45, 2.75) is 21.6 Å². The summed E-state index contributed by atoms with van der Waals surface area (Å²) in [4.78, 5) is 9.18. The normalized spacial score (nSPS) is 13.0. The Hall–Kier alpha value is -3.77. The Bertz CT molecular complexity index is 2070. The van der Waals surface area contributed by atoms with Gasteiger partial charge >= 0.3 is 10.4 Å². The van der Waals surface area contributed by atoms with Crippen LogP contribution in [0.15, 0.2) is 61.3 Å². The molecule has 3 rings (SSSR count). The molecule has 42 heavy (non-hydrogen) atoms. The van der Waals surface area contributed by atoms with Crippen LogP contribution in [0.1, 0.15) is 6.92 Å². The fourth-order valence-electron chi connectivity index (χ4n) is 3.44. The first kappa shape index (κ1) is 32.7. The number of amides is 1. The molecule has 3 aromatic rings. The number of rotatable bonds is 10. The summed E-state index contributed by atoms with van der Waals surface area (Å²) in [7, 11) is -19.4. The van der Waals surface area contributed by atoms with Crippen molar-refractivity contribution >= 4 is 74.2 Å². The number of nitrogens with zero attached hydrogens (tertiary/aromatic N) is 2. The van der Waals surface area contributed by atoms with Crippen molar-refractivity contribution in [2.75, 3.05) is 17.7 Å². The van der Waals surface area contributed by atoms with E-state index in [1.165, 1.54) is 0 Å². The maximum absolute atomic E-state index is 12.5. The standard InChI is InChI=1S/C20H19N3O15S4/c1-10(24)21-15-9-13(40(29,30)31)6-11-7-17(41(32,33)34)19(20(26)18(11)15)23-22-14-8-12(2-3-16(14)25)39(27,28)5-4-38-42(35,36)37/h2-3,6-9,25-26H,4-5H2,1H3,(H,21,24)(H,29,30,31)(H,32,33,34)(H,35,36,37). The van der Waals surface area contributed by atoms with Crippen LogP contribution in [-0.4, -0.2) is 75.8 Å². The Kier molecular flexibility index (Phi) is 8.95. The first-order valence-electron chi connectivity index (χ1n) is 10.8. The van der Waals surface area contributed by atoms with Crippen LogP contribution in [0.25, 0.3) is 10.8 Å². The van der Waals surface area contributed by atoms with E-state index in [4.69, 9.17) is 4.55 Å². The first-order chi connectivity index (χ1) is 19.1. The van der Waals surface area contributed by atoms with Crippen LogP contribution < -0.4 is 5.32 Å². The lowest BCUT2D eigenvalue weighted by atomic mass is 10.1. The molecule has 1 amide bonds. The summed E-state index contributed by atoms with van der Waals surface area (Å²) in [6.45, 7) is 0.0341. The maximum atomic E-state index is 12.5. The van der Waals surface area contributed by atoms with E-state index >= 15 is 0 Å². The van der Waals surface area contributed by atoms with Gasteiger partial charge in [-0.1, -0.05) is 0 Å². The molecule has 3 aromatic carbocycles. The van der Waals surface area contributed by atoms with E-state index in [2.05, 4.69) is 19.7 Å². The van der Waals surface area contributed by atoms with E-state index in [1.54, 1.807) is 0 Å². The summed E-state index contributed by atoms with van der Waals surface area (Å²) in [5.41, 5.74) is -2.06. The van der Waals surface area contributed by atoms with Crippen LogP contribution in [0.5, 0.6) is 11.5 Å². The van der Waals surface area contributed by atoms with E-state index in [9.17, 15) is 57.8 Å². The average Bonchev–Trinajstić information content (AvgIpc) is 2.81. The number of aromatic hydroxyl groups is 2. The lowest BCUT2D eigenvalue weighted by molar-refractivity contribution is -0.114. The molecule has 0 saturated carbocycles. The van der Waals surface area contributed by atoms with E-state index in [1.807, 2.05) is 0 Å². The number of benzene rings is 3. The fourth-order valence-corrected chi connectivity index (χ4v) is 6.14. The fraction of sp³-hybridized carbons (Fsp3) is 0.150. The molecule has 0 spiro atoms. The molecule has 0 saturated heterocycles. The molecule has 0 aromatic heterocycles. The van der Waals surface area contributed by atoms with Gasteiger partial charge in [-0.25, -0.2) is 12.6 Å². The maximum Gasteiger partial charge on any atom is 0.397 e. The minimum Gasteiger partial charge on any atom is -0.506 e. The predicted molar refractivity (Wildman–Crippen MR) is 141 cm³/mol. The predicted octanol–water partition coefficient (Wildman–Crippen LogP) is 1.71. The quantitative estimate of drug-likeness (QED) is 0.132. The second kappa shape index (κ2) is 11.5. The average molecular weight is 670 g/mol. The second-order valence-electron chi connectivity index (χ2n) is 8.19. The van der Waals surface area contributed by atoms with Crippen LogP contribution in [0.2, 0.25) is 0 Å². The number of anilines is 1. The Labute approximate surface area is 237 Å². The summed E-state index contributed by atoms with van der Waals surface area (Å²) in [6.07, 6.45) is 0. The van der Waals surface area contributed by atoms with E-state index in [0.29, 0.717) is 6.07 Å². The lowest BCUT2D eigenvalue weighted by Gasteiger charge is -2.14. The molecule has 18 nitrogen and oxygen atoms in total. The highest BCUT2D eigenvalue weighted by atomic mass is 32.3. The highest BCUT2D eigenvalue weighted by Crippen LogP contribution is 2.45. The highest BCUT2D eigenvalue weighted by molar-refractivity contribution is 7.91. The van der Waals surface area contributed by atoms with E-state index < -0.39 is 113 Å². The molecular formula is C20H19N3O15S4. The van der Waals surface area contributed by atoms with Crippen molar-refractivity contribution in [2.24, 2.45) is 10.2 Å². The Balaban J connectivity index is 2.23. The zero-order valence-electron chi connectivity index (χ0n) is 20.7. The highest BCUT2D eigenvalue weighted by Gasteiger charge is 2.26. The van der Waals surface area contributed by atoms with Gasteiger partial charge < -0.3 is 15.5 Å². The Morgan fingerprint density at radius 3 is 2.05 bits per heavy atom. The van der Waals surface area contributed by atoms with Crippen molar-refractivity contribution < 1.29 is 66.5 Å². The Morgan fingerprint density at radius 2 is 1.50 bits per heavy atom. The van der Waals surface area contributed by atoms with Gasteiger partial charge in [-0.3, -0.25) is 18.5 Å². The number of hydrogen-bond donors (Lipinski definition) is 6. The van der Waals surface area contributed by atoms with Crippen LogP contribution in [0.3, 0.4) is 0 Å². The first-order valence-corrected chi connectivity index (χ1v) is 16.7. The van der Waals surface area contributed by atoms with Gasteiger partial charge in [0.1, 0.15) is 22.0 Å². The molecule has 228 valence electrons. The monoisotopic (exact) mass is 669 g/mol. The van der Waals surface area contributed by atoms with Gasteiger partial charge in [0.25, 0.3) is 20.2 Å². The zero-order valence-corrected chi connectivity index (χ0v) is 24.0. The van der Waals surface area contributed by atoms with Gasteiger partial charge in [-0.15, -0.1) is 10.2 Å². The minimum atomic E-state index is -5.25. The van der Waals surface area contributed by atoms with Gasteiger partial charge in [-0.05, 0) is 41.8 Å².